The number of hydrogen-bond acceptors (Lipinski definition) is 5. The molecule has 1 aliphatic rings. The summed E-state index contributed by atoms with van der Waals surface area (Å²) >= 11 is 0. The van der Waals surface area contributed by atoms with Crippen LogP contribution >= 0.6 is 0 Å². The molecule has 0 saturated carbocycles. The molecule has 0 radical (unpaired) electrons. The topological polar surface area (TPSA) is 107 Å². The molecule has 8 nitrogen and oxygen atoms in total. The summed E-state index contributed by atoms with van der Waals surface area (Å²) in [6, 6.07) is 9.85. The van der Waals surface area contributed by atoms with Crippen molar-refractivity contribution in [3.05, 3.63) is 80.8 Å². The van der Waals surface area contributed by atoms with Crippen LogP contribution in [0.1, 0.15) is 27.2 Å². The smallest absolute Gasteiger partial charge is 0.273 e. The van der Waals surface area contributed by atoms with Crippen molar-refractivity contribution >= 4 is 28.2 Å². The fraction of sp³-hybridized carbons (Fsp3) is 0.158. The molecule has 148 valence electrons. The van der Waals surface area contributed by atoms with E-state index >= 15 is 0 Å². The van der Waals surface area contributed by atoms with E-state index in [9.17, 15) is 23.5 Å². The van der Waals surface area contributed by atoms with E-state index in [4.69, 9.17) is 0 Å². The number of halogens is 1. The molecule has 29 heavy (non-hydrogen) atoms. The van der Waals surface area contributed by atoms with Crippen molar-refractivity contribution in [3.8, 4) is 5.69 Å². The van der Waals surface area contributed by atoms with Crippen LogP contribution in [0, 0.1) is 22.9 Å². The molecular weight excluding hydrogens is 399 g/mol. The first kappa shape index (κ1) is 18.9. The summed E-state index contributed by atoms with van der Waals surface area (Å²) < 4.78 is 26.7. The van der Waals surface area contributed by atoms with Gasteiger partial charge in [0, 0.05) is 33.6 Å². The quantitative estimate of drug-likeness (QED) is 0.521. The van der Waals surface area contributed by atoms with E-state index in [0.717, 1.165) is 0 Å². The van der Waals surface area contributed by atoms with Gasteiger partial charge in [0.15, 0.2) is 0 Å². The maximum atomic E-state index is 13.3. The Kier molecular flexibility index (Phi) is 4.71. The molecule has 0 bridgehead atoms. The molecule has 3 aromatic rings. The minimum Gasteiger partial charge on any atom is -0.306 e. The van der Waals surface area contributed by atoms with E-state index in [2.05, 4.69) is 10.4 Å². The molecule has 0 unspecified atom stereocenters. The number of carbonyl (C=O) groups is 1. The number of anilines is 1. The van der Waals surface area contributed by atoms with E-state index < -0.39 is 27.4 Å². The molecule has 1 N–H and O–H groups in total. The average molecular weight is 414 g/mol. The van der Waals surface area contributed by atoms with Crippen molar-refractivity contribution in [3.63, 3.8) is 0 Å². The van der Waals surface area contributed by atoms with Crippen molar-refractivity contribution in [2.75, 3.05) is 5.32 Å². The van der Waals surface area contributed by atoms with Gasteiger partial charge in [-0.25, -0.2) is 9.07 Å². The largest absolute Gasteiger partial charge is 0.306 e. The van der Waals surface area contributed by atoms with Crippen LogP contribution in [0.15, 0.2) is 42.5 Å². The van der Waals surface area contributed by atoms with Gasteiger partial charge < -0.3 is 5.32 Å². The number of nitro groups is 1. The normalized spacial score (nSPS) is 15.2. The van der Waals surface area contributed by atoms with Crippen molar-refractivity contribution in [2.45, 2.75) is 18.4 Å². The van der Waals surface area contributed by atoms with Gasteiger partial charge in [0.05, 0.1) is 27.8 Å². The summed E-state index contributed by atoms with van der Waals surface area (Å²) in [5.41, 5.74) is 2.00. The molecule has 4 rings (SSSR count). The van der Waals surface area contributed by atoms with Gasteiger partial charge in [0.2, 0.25) is 0 Å². The highest BCUT2D eigenvalue weighted by Gasteiger charge is 2.29. The minimum absolute atomic E-state index is 0.152. The second-order valence-corrected chi connectivity index (χ2v) is 8.01. The Labute approximate surface area is 167 Å². The fourth-order valence-corrected chi connectivity index (χ4v) is 4.53. The van der Waals surface area contributed by atoms with Gasteiger partial charge in [-0.2, -0.15) is 5.10 Å². The zero-order valence-corrected chi connectivity index (χ0v) is 16.0. The maximum absolute atomic E-state index is 13.3. The Morgan fingerprint density at radius 3 is 2.66 bits per heavy atom. The average Bonchev–Trinajstić information content (AvgIpc) is 3.19. The first-order valence-corrected chi connectivity index (χ1v) is 10.1. The molecule has 1 aliphatic heterocycles. The van der Waals surface area contributed by atoms with Crippen LogP contribution < -0.4 is 5.32 Å². The summed E-state index contributed by atoms with van der Waals surface area (Å²) in [6.45, 7) is 1.50. The highest BCUT2D eigenvalue weighted by Crippen LogP contribution is 2.32. The monoisotopic (exact) mass is 414 g/mol. The number of fused-ring (bicyclic) bond motifs is 1. The Balaban J connectivity index is 1.76. The van der Waals surface area contributed by atoms with Gasteiger partial charge >= 0.3 is 0 Å². The molecule has 1 atom stereocenters. The molecule has 1 aromatic heterocycles. The first-order chi connectivity index (χ1) is 13.8. The van der Waals surface area contributed by atoms with Gasteiger partial charge in [-0.3, -0.25) is 19.1 Å². The van der Waals surface area contributed by atoms with Crippen molar-refractivity contribution < 1.29 is 18.3 Å². The fourth-order valence-electron chi connectivity index (χ4n) is 3.27. The number of benzene rings is 2. The summed E-state index contributed by atoms with van der Waals surface area (Å²) in [7, 11) is -1.12. The predicted molar refractivity (Wildman–Crippen MR) is 105 cm³/mol. The Morgan fingerprint density at radius 1 is 1.24 bits per heavy atom. The van der Waals surface area contributed by atoms with Crippen LogP contribution in [0.2, 0.25) is 0 Å². The van der Waals surface area contributed by atoms with Crippen molar-refractivity contribution in [2.24, 2.45) is 0 Å². The summed E-state index contributed by atoms with van der Waals surface area (Å²) in [5.74, 6) is -0.127. The number of amides is 1. The summed E-state index contributed by atoms with van der Waals surface area (Å²) in [5, 5.41) is 18.4. The van der Waals surface area contributed by atoms with Crippen LogP contribution in [0.5, 0.6) is 0 Å². The highest BCUT2D eigenvalue weighted by atomic mass is 32.2. The Hall–Kier alpha value is -3.40. The van der Waals surface area contributed by atoms with Crippen molar-refractivity contribution in [1.82, 2.24) is 9.78 Å². The SMILES string of the molecule is Cc1c(C(=O)Nc2c3c(nn2-c2ccc(F)cc2)C[S@@](=O)C3)cccc1[N+](=O)[O-]. The van der Waals surface area contributed by atoms with Gasteiger partial charge in [-0.05, 0) is 37.3 Å². The van der Waals surface area contributed by atoms with E-state index in [1.165, 1.54) is 54.1 Å². The number of nitrogens with one attached hydrogen (secondary N) is 1. The zero-order chi connectivity index (χ0) is 20.7. The minimum atomic E-state index is -1.12. The molecule has 10 heteroatoms. The summed E-state index contributed by atoms with van der Waals surface area (Å²) in [6.07, 6.45) is 0. The zero-order valence-electron chi connectivity index (χ0n) is 15.2. The first-order valence-electron chi connectivity index (χ1n) is 8.62. The lowest BCUT2D eigenvalue weighted by Crippen LogP contribution is -2.18. The van der Waals surface area contributed by atoms with E-state index in [1.54, 1.807) is 0 Å². The molecule has 0 fully saturated rings. The number of hydrogen-bond donors (Lipinski definition) is 1. The van der Waals surface area contributed by atoms with Gasteiger partial charge in [-0.1, -0.05) is 6.07 Å². The van der Waals surface area contributed by atoms with E-state index in [-0.39, 0.29) is 28.3 Å². The molecule has 0 aliphatic carbocycles. The van der Waals surface area contributed by atoms with Crippen LogP contribution in [0.4, 0.5) is 15.9 Å². The van der Waals surface area contributed by atoms with Crippen molar-refractivity contribution in [1.29, 1.82) is 0 Å². The number of nitrogens with zero attached hydrogens (tertiary/aromatic N) is 3. The molecule has 0 spiro atoms. The lowest BCUT2D eigenvalue weighted by Gasteiger charge is -2.12. The third-order valence-corrected chi connectivity index (χ3v) is 5.93. The summed E-state index contributed by atoms with van der Waals surface area (Å²) in [4.78, 5) is 23.5. The number of aromatic nitrogens is 2. The molecule has 1 amide bonds. The van der Waals surface area contributed by atoms with Crippen LogP contribution in [0.25, 0.3) is 5.69 Å². The number of rotatable bonds is 4. The lowest BCUT2D eigenvalue weighted by molar-refractivity contribution is -0.385. The third kappa shape index (κ3) is 3.42. The second kappa shape index (κ2) is 7.21. The Bertz CT molecular complexity index is 1170. The standard InChI is InChI=1S/C19H15FN4O4S/c1-11-14(3-2-4-17(11)24(26)27)19(25)21-18-15-9-29(28)10-16(15)22-23(18)13-7-5-12(20)6-8-13/h2-8H,9-10H2,1H3,(H,21,25)/t29-/m0/s1. The van der Waals surface area contributed by atoms with E-state index in [1.807, 2.05) is 0 Å². The van der Waals surface area contributed by atoms with Gasteiger partial charge in [0.1, 0.15) is 11.6 Å². The molecule has 0 saturated heterocycles. The Morgan fingerprint density at radius 2 is 1.97 bits per heavy atom. The predicted octanol–water partition coefficient (Wildman–Crippen LogP) is 3.24. The molecule has 2 aromatic carbocycles. The third-order valence-electron chi connectivity index (χ3n) is 4.72. The maximum Gasteiger partial charge on any atom is 0.273 e. The second-order valence-electron chi connectivity index (χ2n) is 6.55. The van der Waals surface area contributed by atoms with E-state index in [0.29, 0.717) is 22.8 Å². The van der Waals surface area contributed by atoms with Gasteiger partial charge in [-0.15, -0.1) is 0 Å². The van der Waals surface area contributed by atoms with Gasteiger partial charge in [0.25, 0.3) is 11.6 Å². The van der Waals surface area contributed by atoms with Crippen LogP contribution in [0.3, 0.4) is 0 Å². The molecular formula is C19H15FN4O4S. The van der Waals surface area contributed by atoms with Crippen LogP contribution in [-0.2, 0) is 22.3 Å². The lowest BCUT2D eigenvalue weighted by atomic mass is 10.1. The highest BCUT2D eigenvalue weighted by molar-refractivity contribution is 7.83. The molecule has 2 heterocycles. The number of carbonyl (C=O) groups excluding carboxylic acids is 1. The number of nitro benzene ring substituents is 1. The van der Waals surface area contributed by atoms with Crippen LogP contribution in [-0.4, -0.2) is 24.8 Å².